The normalized spacial score (nSPS) is 28.1. The predicted octanol–water partition coefficient (Wildman–Crippen LogP) is 2.67. The number of nitrogens with zero attached hydrogens (tertiary/aromatic N) is 1. The zero-order valence-corrected chi connectivity index (χ0v) is 12.7. The molecule has 0 spiro atoms. The second kappa shape index (κ2) is 5.64. The van der Waals surface area contributed by atoms with Crippen molar-refractivity contribution in [2.45, 2.75) is 42.7 Å². The molecule has 2 aliphatic rings. The molecule has 0 amide bonds. The Balaban J connectivity index is 1.91. The summed E-state index contributed by atoms with van der Waals surface area (Å²) in [6.07, 6.45) is 4.08. The molecule has 4 nitrogen and oxygen atoms in total. The van der Waals surface area contributed by atoms with Gasteiger partial charge in [-0.05, 0) is 37.1 Å². The standard InChI is InChI=1S/C14H18ClNO3S/c15-11-5-7-12(8-6-11)20(17,18)16-9-10-19-14-4-2-1-3-13(14)16/h5-8,13-14H,1-4,9-10H2/t13-,14+/m0/s1. The van der Waals surface area contributed by atoms with Crippen molar-refractivity contribution in [1.82, 2.24) is 4.31 Å². The third-order valence-electron chi connectivity index (χ3n) is 4.10. The predicted molar refractivity (Wildman–Crippen MR) is 77.3 cm³/mol. The Kier molecular flexibility index (Phi) is 4.04. The van der Waals surface area contributed by atoms with E-state index in [2.05, 4.69) is 0 Å². The number of benzene rings is 1. The Labute approximate surface area is 124 Å². The van der Waals surface area contributed by atoms with Gasteiger partial charge in [0.2, 0.25) is 10.0 Å². The van der Waals surface area contributed by atoms with Crippen molar-refractivity contribution in [2.75, 3.05) is 13.2 Å². The molecule has 1 aliphatic carbocycles. The Morgan fingerprint density at radius 1 is 1.15 bits per heavy atom. The van der Waals surface area contributed by atoms with Gasteiger partial charge in [0, 0.05) is 11.6 Å². The highest BCUT2D eigenvalue weighted by Gasteiger charge is 2.40. The van der Waals surface area contributed by atoms with Crippen molar-refractivity contribution in [1.29, 1.82) is 0 Å². The second-order valence-electron chi connectivity index (χ2n) is 5.33. The molecular weight excluding hydrogens is 298 g/mol. The van der Waals surface area contributed by atoms with Crippen LogP contribution in [0.2, 0.25) is 5.02 Å². The van der Waals surface area contributed by atoms with Gasteiger partial charge in [0.1, 0.15) is 0 Å². The van der Waals surface area contributed by atoms with E-state index in [0.717, 1.165) is 25.7 Å². The van der Waals surface area contributed by atoms with Crippen molar-refractivity contribution < 1.29 is 13.2 Å². The number of ether oxygens (including phenoxy) is 1. The zero-order chi connectivity index (χ0) is 14.2. The first-order chi connectivity index (χ1) is 9.59. The number of hydrogen-bond acceptors (Lipinski definition) is 3. The van der Waals surface area contributed by atoms with Crippen LogP contribution in [0.15, 0.2) is 29.2 Å². The minimum Gasteiger partial charge on any atom is -0.375 e. The summed E-state index contributed by atoms with van der Waals surface area (Å²) in [4.78, 5) is 0.313. The van der Waals surface area contributed by atoms with Crippen LogP contribution in [0.4, 0.5) is 0 Å². The minimum atomic E-state index is -3.45. The van der Waals surface area contributed by atoms with Crippen LogP contribution in [0.5, 0.6) is 0 Å². The van der Waals surface area contributed by atoms with Crippen LogP contribution in [0.3, 0.4) is 0 Å². The minimum absolute atomic E-state index is 0.0156. The van der Waals surface area contributed by atoms with Gasteiger partial charge < -0.3 is 4.74 Å². The number of halogens is 1. The molecule has 2 atom stereocenters. The quantitative estimate of drug-likeness (QED) is 0.843. The van der Waals surface area contributed by atoms with Gasteiger partial charge in [-0.15, -0.1) is 0 Å². The van der Waals surface area contributed by atoms with Crippen LogP contribution in [0, 0.1) is 0 Å². The molecule has 0 unspecified atom stereocenters. The first-order valence-corrected chi connectivity index (χ1v) is 8.80. The zero-order valence-electron chi connectivity index (χ0n) is 11.2. The smallest absolute Gasteiger partial charge is 0.243 e. The van der Waals surface area contributed by atoms with Crippen LogP contribution >= 0.6 is 11.6 Å². The van der Waals surface area contributed by atoms with E-state index < -0.39 is 10.0 Å². The highest BCUT2D eigenvalue weighted by molar-refractivity contribution is 7.89. The molecule has 1 heterocycles. The molecule has 0 bridgehead atoms. The molecule has 3 rings (SSSR count). The topological polar surface area (TPSA) is 46.6 Å². The summed E-state index contributed by atoms with van der Waals surface area (Å²) in [6, 6.07) is 6.37. The Bertz CT molecular complexity index is 571. The number of rotatable bonds is 2. The molecule has 0 aromatic heterocycles. The molecule has 0 N–H and O–H groups in total. The second-order valence-corrected chi connectivity index (χ2v) is 7.66. The molecule has 1 aromatic rings. The molecule has 1 aromatic carbocycles. The Morgan fingerprint density at radius 3 is 2.60 bits per heavy atom. The van der Waals surface area contributed by atoms with Crippen molar-refractivity contribution in [2.24, 2.45) is 0 Å². The number of hydrogen-bond donors (Lipinski definition) is 0. The van der Waals surface area contributed by atoms with Gasteiger partial charge in [-0.2, -0.15) is 4.31 Å². The maximum atomic E-state index is 12.8. The van der Waals surface area contributed by atoms with E-state index in [0.29, 0.717) is 23.1 Å². The fourth-order valence-electron chi connectivity index (χ4n) is 3.10. The monoisotopic (exact) mass is 315 g/mol. The SMILES string of the molecule is O=S(=O)(c1ccc(Cl)cc1)N1CCO[C@@H]2CCCC[C@@H]21. The maximum Gasteiger partial charge on any atom is 0.243 e. The van der Waals surface area contributed by atoms with E-state index in [1.54, 1.807) is 28.6 Å². The van der Waals surface area contributed by atoms with E-state index in [9.17, 15) is 8.42 Å². The third kappa shape index (κ3) is 2.60. The number of morpholine rings is 1. The maximum absolute atomic E-state index is 12.8. The molecule has 110 valence electrons. The summed E-state index contributed by atoms with van der Waals surface area (Å²) in [7, 11) is -3.45. The highest BCUT2D eigenvalue weighted by Crippen LogP contribution is 2.32. The van der Waals surface area contributed by atoms with Crippen LogP contribution < -0.4 is 0 Å². The van der Waals surface area contributed by atoms with Gasteiger partial charge in [-0.3, -0.25) is 0 Å². The van der Waals surface area contributed by atoms with E-state index >= 15 is 0 Å². The lowest BCUT2D eigenvalue weighted by atomic mass is 9.91. The summed E-state index contributed by atoms with van der Waals surface area (Å²) >= 11 is 5.83. The van der Waals surface area contributed by atoms with Crippen LogP contribution in [-0.2, 0) is 14.8 Å². The van der Waals surface area contributed by atoms with E-state index in [4.69, 9.17) is 16.3 Å². The lowest BCUT2D eigenvalue weighted by Gasteiger charge is -2.42. The average Bonchev–Trinajstić information content (AvgIpc) is 2.47. The molecule has 6 heteroatoms. The van der Waals surface area contributed by atoms with Gasteiger partial charge in [0.05, 0.1) is 23.6 Å². The molecule has 1 saturated carbocycles. The van der Waals surface area contributed by atoms with Gasteiger partial charge in [-0.1, -0.05) is 24.4 Å². The molecule has 20 heavy (non-hydrogen) atoms. The molecular formula is C14H18ClNO3S. The largest absolute Gasteiger partial charge is 0.375 e. The summed E-state index contributed by atoms with van der Waals surface area (Å²) < 4.78 is 32.9. The fourth-order valence-corrected chi connectivity index (χ4v) is 4.89. The summed E-state index contributed by atoms with van der Waals surface area (Å²) in [5, 5.41) is 0.543. The highest BCUT2D eigenvalue weighted by atomic mass is 35.5. The van der Waals surface area contributed by atoms with Crippen LogP contribution in [-0.4, -0.2) is 38.0 Å². The Morgan fingerprint density at radius 2 is 1.85 bits per heavy atom. The van der Waals surface area contributed by atoms with E-state index in [1.807, 2.05) is 0 Å². The van der Waals surface area contributed by atoms with Crippen molar-refractivity contribution in [3.8, 4) is 0 Å². The van der Waals surface area contributed by atoms with E-state index in [-0.39, 0.29) is 12.1 Å². The lowest BCUT2D eigenvalue weighted by molar-refractivity contribution is -0.0586. The third-order valence-corrected chi connectivity index (χ3v) is 6.29. The first kappa shape index (κ1) is 14.3. The summed E-state index contributed by atoms with van der Waals surface area (Å²) in [5.74, 6) is 0. The number of fused-ring (bicyclic) bond motifs is 1. The van der Waals surface area contributed by atoms with Crippen molar-refractivity contribution >= 4 is 21.6 Å². The molecule has 1 saturated heterocycles. The summed E-state index contributed by atoms with van der Waals surface area (Å²) in [5.41, 5.74) is 0. The fraction of sp³-hybridized carbons (Fsp3) is 0.571. The Hall–Kier alpha value is -0.620. The van der Waals surface area contributed by atoms with Gasteiger partial charge >= 0.3 is 0 Å². The van der Waals surface area contributed by atoms with Crippen molar-refractivity contribution in [3.05, 3.63) is 29.3 Å². The lowest BCUT2D eigenvalue weighted by Crippen LogP contribution is -2.54. The van der Waals surface area contributed by atoms with Crippen LogP contribution in [0.25, 0.3) is 0 Å². The van der Waals surface area contributed by atoms with Gasteiger partial charge in [0.15, 0.2) is 0 Å². The molecule has 2 fully saturated rings. The molecule has 0 radical (unpaired) electrons. The average molecular weight is 316 g/mol. The van der Waals surface area contributed by atoms with Gasteiger partial charge in [-0.25, -0.2) is 8.42 Å². The number of sulfonamides is 1. The first-order valence-electron chi connectivity index (χ1n) is 6.98. The van der Waals surface area contributed by atoms with Crippen LogP contribution in [0.1, 0.15) is 25.7 Å². The van der Waals surface area contributed by atoms with Gasteiger partial charge in [0.25, 0.3) is 0 Å². The van der Waals surface area contributed by atoms with Crippen molar-refractivity contribution in [3.63, 3.8) is 0 Å². The van der Waals surface area contributed by atoms with E-state index in [1.165, 1.54) is 0 Å². The molecule has 1 aliphatic heterocycles. The summed E-state index contributed by atoms with van der Waals surface area (Å²) in [6.45, 7) is 0.917.